The molecule has 21 heavy (non-hydrogen) atoms. The summed E-state index contributed by atoms with van der Waals surface area (Å²) in [5.74, 6) is 0.799. The first kappa shape index (κ1) is 14.9. The van der Waals surface area contributed by atoms with Gasteiger partial charge in [-0.05, 0) is 49.8 Å². The molecule has 2 saturated carbocycles. The lowest BCUT2D eigenvalue weighted by Gasteiger charge is -2.30. The average Bonchev–Trinajstić information content (AvgIpc) is 3.30. The van der Waals surface area contributed by atoms with E-state index >= 15 is 0 Å². The van der Waals surface area contributed by atoms with Crippen molar-refractivity contribution in [3.05, 3.63) is 28.2 Å². The van der Waals surface area contributed by atoms with Gasteiger partial charge in [-0.25, -0.2) is 0 Å². The molecular weight excluding hydrogens is 328 g/mol. The van der Waals surface area contributed by atoms with Crippen molar-refractivity contribution >= 4 is 27.5 Å². The van der Waals surface area contributed by atoms with Crippen LogP contribution in [0.5, 0.6) is 0 Å². The van der Waals surface area contributed by atoms with Crippen molar-refractivity contribution in [2.24, 2.45) is 5.92 Å². The van der Waals surface area contributed by atoms with Gasteiger partial charge in [0.15, 0.2) is 0 Å². The van der Waals surface area contributed by atoms with Crippen LogP contribution in [0, 0.1) is 5.92 Å². The topological polar surface area (TPSA) is 46.3 Å². The Hall–Kier alpha value is -1.03. The molecule has 1 aromatic carbocycles. The van der Waals surface area contributed by atoms with Gasteiger partial charge in [0.05, 0.1) is 5.56 Å². The summed E-state index contributed by atoms with van der Waals surface area (Å²) in [6.07, 6.45) is 8.82. The van der Waals surface area contributed by atoms with Gasteiger partial charge in [-0.1, -0.05) is 35.2 Å². The molecule has 3 nitrogen and oxygen atoms in total. The smallest absolute Gasteiger partial charge is 0.256 e. The standard InChI is InChI=1S/C17H23BrN2O/c18-13-6-9-15(16(19)10-13)17(21)20(14-7-8-14)11-12-4-2-1-3-5-12/h6,9-10,12,14H,1-5,7-8,11,19H2. The number of carbonyl (C=O) groups excluding carboxylic acids is 1. The highest BCUT2D eigenvalue weighted by molar-refractivity contribution is 9.10. The van der Waals surface area contributed by atoms with E-state index in [1.807, 2.05) is 18.2 Å². The molecule has 2 fully saturated rings. The highest BCUT2D eigenvalue weighted by Crippen LogP contribution is 2.33. The fourth-order valence-corrected chi connectivity index (χ4v) is 3.69. The van der Waals surface area contributed by atoms with Crippen molar-refractivity contribution in [2.75, 3.05) is 12.3 Å². The van der Waals surface area contributed by atoms with Crippen molar-refractivity contribution in [3.63, 3.8) is 0 Å². The number of halogens is 1. The molecule has 0 saturated heterocycles. The lowest BCUT2D eigenvalue weighted by Crippen LogP contribution is -2.38. The van der Waals surface area contributed by atoms with Gasteiger partial charge in [0.1, 0.15) is 0 Å². The highest BCUT2D eigenvalue weighted by Gasteiger charge is 2.35. The number of rotatable bonds is 4. The van der Waals surface area contributed by atoms with Crippen LogP contribution in [-0.4, -0.2) is 23.4 Å². The minimum Gasteiger partial charge on any atom is -0.398 e. The van der Waals surface area contributed by atoms with Crippen LogP contribution in [0.4, 0.5) is 5.69 Å². The third-order valence-electron chi connectivity index (χ3n) is 4.67. The maximum atomic E-state index is 12.9. The van der Waals surface area contributed by atoms with Crippen LogP contribution in [0.3, 0.4) is 0 Å². The van der Waals surface area contributed by atoms with Crippen molar-refractivity contribution in [2.45, 2.75) is 51.0 Å². The molecule has 2 aliphatic rings. The molecule has 0 aromatic heterocycles. The lowest BCUT2D eigenvalue weighted by atomic mass is 9.88. The molecule has 0 bridgehead atoms. The van der Waals surface area contributed by atoms with Gasteiger partial charge in [-0.3, -0.25) is 4.79 Å². The molecule has 2 N–H and O–H groups in total. The Kier molecular flexibility index (Phi) is 4.53. The summed E-state index contributed by atoms with van der Waals surface area (Å²) in [5, 5.41) is 0. The highest BCUT2D eigenvalue weighted by atomic mass is 79.9. The predicted molar refractivity (Wildman–Crippen MR) is 89.2 cm³/mol. The Morgan fingerprint density at radius 3 is 2.52 bits per heavy atom. The third kappa shape index (κ3) is 3.60. The van der Waals surface area contributed by atoms with E-state index in [9.17, 15) is 4.79 Å². The van der Waals surface area contributed by atoms with E-state index < -0.39 is 0 Å². The summed E-state index contributed by atoms with van der Waals surface area (Å²) in [6.45, 7) is 0.916. The monoisotopic (exact) mass is 350 g/mol. The quantitative estimate of drug-likeness (QED) is 0.826. The summed E-state index contributed by atoms with van der Waals surface area (Å²) in [5.41, 5.74) is 7.26. The second kappa shape index (κ2) is 6.39. The molecular formula is C17H23BrN2O. The van der Waals surface area contributed by atoms with Crippen LogP contribution in [0.1, 0.15) is 55.3 Å². The van der Waals surface area contributed by atoms with E-state index in [-0.39, 0.29) is 5.91 Å². The molecule has 0 spiro atoms. The van der Waals surface area contributed by atoms with E-state index in [1.165, 1.54) is 32.1 Å². The van der Waals surface area contributed by atoms with Gasteiger partial charge in [-0.15, -0.1) is 0 Å². The fourth-order valence-electron chi connectivity index (χ4n) is 3.31. The van der Waals surface area contributed by atoms with E-state index in [4.69, 9.17) is 5.73 Å². The van der Waals surface area contributed by atoms with Crippen molar-refractivity contribution in [3.8, 4) is 0 Å². The van der Waals surface area contributed by atoms with Gasteiger partial charge in [0, 0.05) is 22.7 Å². The number of nitrogens with zero attached hydrogens (tertiary/aromatic N) is 1. The van der Waals surface area contributed by atoms with Crippen LogP contribution in [-0.2, 0) is 0 Å². The van der Waals surface area contributed by atoms with Crippen LogP contribution >= 0.6 is 15.9 Å². The second-order valence-corrected chi connectivity index (χ2v) is 7.34. The largest absolute Gasteiger partial charge is 0.398 e. The van der Waals surface area contributed by atoms with Crippen LogP contribution in [0.2, 0.25) is 0 Å². The van der Waals surface area contributed by atoms with Gasteiger partial charge in [0.2, 0.25) is 0 Å². The number of nitrogens with two attached hydrogens (primary N) is 1. The molecule has 1 amide bonds. The minimum absolute atomic E-state index is 0.119. The molecule has 3 rings (SSSR count). The van der Waals surface area contributed by atoms with Crippen LogP contribution in [0.25, 0.3) is 0 Å². The number of carbonyl (C=O) groups is 1. The molecule has 0 atom stereocenters. The SMILES string of the molecule is Nc1cc(Br)ccc1C(=O)N(CC1CCCCC1)C1CC1. The lowest BCUT2D eigenvalue weighted by molar-refractivity contribution is 0.0700. The number of amides is 1. The van der Waals surface area contributed by atoms with Crippen molar-refractivity contribution < 1.29 is 4.79 Å². The zero-order valence-corrected chi connectivity index (χ0v) is 13.9. The summed E-state index contributed by atoms with van der Waals surface area (Å²) >= 11 is 3.40. The second-order valence-electron chi connectivity index (χ2n) is 6.42. The molecule has 0 radical (unpaired) electrons. The Morgan fingerprint density at radius 2 is 1.90 bits per heavy atom. The first-order valence-electron chi connectivity index (χ1n) is 8.01. The number of benzene rings is 1. The summed E-state index contributed by atoms with van der Waals surface area (Å²) < 4.78 is 0.918. The van der Waals surface area contributed by atoms with Crippen LogP contribution < -0.4 is 5.73 Å². The zero-order valence-electron chi connectivity index (χ0n) is 12.4. The summed E-state index contributed by atoms with van der Waals surface area (Å²) in [6, 6.07) is 6.01. The van der Waals surface area contributed by atoms with Gasteiger partial charge < -0.3 is 10.6 Å². The summed E-state index contributed by atoms with van der Waals surface area (Å²) in [7, 11) is 0. The average molecular weight is 351 g/mol. The Labute approximate surface area is 135 Å². The molecule has 4 heteroatoms. The first-order valence-corrected chi connectivity index (χ1v) is 8.80. The van der Waals surface area contributed by atoms with Gasteiger partial charge >= 0.3 is 0 Å². The third-order valence-corrected chi connectivity index (χ3v) is 5.17. The van der Waals surface area contributed by atoms with Crippen molar-refractivity contribution in [1.82, 2.24) is 4.90 Å². The summed E-state index contributed by atoms with van der Waals surface area (Å²) in [4.78, 5) is 15.0. The maximum Gasteiger partial charge on any atom is 0.256 e. The molecule has 0 unspecified atom stereocenters. The first-order chi connectivity index (χ1) is 10.1. The van der Waals surface area contributed by atoms with Gasteiger partial charge in [-0.2, -0.15) is 0 Å². The van der Waals surface area contributed by atoms with Crippen LogP contribution in [0.15, 0.2) is 22.7 Å². The molecule has 1 aromatic rings. The minimum atomic E-state index is 0.119. The fraction of sp³-hybridized carbons (Fsp3) is 0.588. The number of hydrogen-bond donors (Lipinski definition) is 1. The number of nitrogen functional groups attached to an aromatic ring is 1. The normalized spacial score (nSPS) is 19.5. The van der Waals surface area contributed by atoms with E-state index in [0.29, 0.717) is 23.2 Å². The van der Waals surface area contributed by atoms with E-state index in [2.05, 4.69) is 20.8 Å². The Balaban J connectivity index is 1.75. The van der Waals surface area contributed by atoms with E-state index in [1.54, 1.807) is 0 Å². The maximum absolute atomic E-state index is 12.9. The molecule has 0 heterocycles. The zero-order chi connectivity index (χ0) is 14.8. The van der Waals surface area contributed by atoms with Gasteiger partial charge in [0.25, 0.3) is 5.91 Å². The predicted octanol–water partition coefficient (Wildman–Crippen LogP) is 4.22. The molecule has 2 aliphatic carbocycles. The van der Waals surface area contributed by atoms with Crippen molar-refractivity contribution in [1.29, 1.82) is 0 Å². The molecule has 0 aliphatic heterocycles. The van der Waals surface area contributed by atoms with E-state index in [0.717, 1.165) is 23.9 Å². The number of hydrogen-bond acceptors (Lipinski definition) is 2. The Bertz CT molecular complexity index is 522. The Morgan fingerprint density at radius 1 is 1.19 bits per heavy atom. The molecule has 114 valence electrons. The number of anilines is 1.